The fourth-order valence-electron chi connectivity index (χ4n) is 2.76. The molecule has 2 aromatic carbocycles. The van der Waals surface area contributed by atoms with E-state index in [0.29, 0.717) is 11.1 Å². The van der Waals surface area contributed by atoms with Crippen LogP contribution in [0.1, 0.15) is 32.3 Å². The van der Waals surface area contributed by atoms with E-state index in [4.69, 9.17) is 14.2 Å². The van der Waals surface area contributed by atoms with Gasteiger partial charge < -0.3 is 14.2 Å². The number of benzene rings is 2. The van der Waals surface area contributed by atoms with Crippen LogP contribution in [0, 0.1) is 5.82 Å². The summed E-state index contributed by atoms with van der Waals surface area (Å²) >= 11 is 0. The molecule has 0 unspecified atom stereocenters. The quantitative estimate of drug-likeness (QED) is 0.269. The molecule has 0 aliphatic heterocycles. The average molecular weight is 467 g/mol. The molecule has 0 atom stereocenters. The highest BCUT2D eigenvalue weighted by Gasteiger charge is 2.18. The molecule has 7 heteroatoms. The molecule has 0 N–H and O–H groups in total. The summed E-state index contributed by atoms with van der Waals surface area (Å²) in [6.45, 7) is 15.1. The summed E-state index contributed by atoms with van der Waals surface area (Å²) in [4.78, 5) is 35.3. The van der Waals surface area contributed by atoms with Crippen molar-refractivity contribution in [2.24, 2.45) is 0 Å². The molecule has 0 amide bonds. The number of esters is 3. The highest BCUT2D eigenvalue weighted by atomic mass is 19.1. The SMILES string of the molecule is C=C(C)C(=O)OCC(COC(=O)C(=C)C)c1ccc(-c2ccc(OC(=O)C(=C)C)cc2F)cc1. The number of hydrogen-bond donors (Lipinski definition) is 0. The van der Waals surface area contributed by atoms with Crippen molar-refractivity contribution in [3.05, 3.63) is 90.3 Å². The molecule has 6 nitrogen and oxygen atoms in total. The first kappa shape index (κ1) is 26.3. The van der Waals surface area contributed by atoms with Gasteiger partial charge in [-0.2, -0.15) is 0 Å². The zero-order valence-corrected chi connectivity index (χ0v) is 19.5. The lowest BCUT2D eigenvalue weighted by atomic mass is 9.97. The maximum absolute atomic E-state index is 14.7. The predicted octanol–water partition coefficient (Wildman–Crippen LogP) is 5.30. The van der Waals surface area contributed by atoms with Gasteiger partial charge in [0, 0.05) is 28.3 Å². The fraction of sp³-hybridized carbons (Fsp3) is 0.222. The summed E-state index contributed by atoms with van der Waals surface area (Å²) in [5, 5.41) is 0. The smallest absolute Gasteiger partial charge is 0.338 e. The van der Waals surface area contributed by atoms with E-state index in [1.165, 1.54) is 32.9 Å². The van der Waals surface area contributed by atoms with E-state index in [0.717, 1.165) is 11.6 Å². The van der Waals surface area contributed by atoms with Crippen LogP contribution in [0.3, 0.4) is 0 Å². The average Bonchev–Trinajstić information content (AvgIpc) is 2.78. The Hall–Kier alpha value is -4.00. The Morgan fingerprint density at radius 2 is 1.29 bits per heavy atom. The number of hydrogen-bond acceptors (Lipinski definition) is 6. The van der Waals surface area contributed by atoms with Crippen LogP contribution in [0.15, 0.2) is 78.9 Å². The summed E-state index contributed by atoms with van der Waals surface area (Å²) in [6.07, 6.45) is 0. The fourth-order valence-corrected chi connectivity index (χ4v) is 2.76. The second kappa shape index (κ2) is 11.7. The van der Waals surface area contributed by atoms with Gasteiger partial charge in [-0.1, -0.05) is 44.0 Å². The Balaban J connectivity index is 2.22. The van der Waals surface area contributed by atoms with Gasteiger partial charge in [0.05, 0.1) is 5.92 Å². The molecule has 0 spiro atoms. The minimum absolute atomic E-state index is 0.0361. The monoisotopic (exact) mass is 466 g/mol. The summed E-state index contributed by atoms with van der Waals surface area (Å²) in [6, 6.07) is 11.0. The van der Waals surface area contributed by atoms with Crippen LogP contribution >= 0.6 is 0 Å². The van der Waals surface area contributed by atoms with Gasteiger partial charge in [0.15, 0.2) is 0 Å². The highest BCUT2D eigenvalue weighted by molar-refractivity contribution is 5.89. The van der Waals surface area contributed by atoms with Crippen molar-refractivity contribution in [3.8, 4) is 16.9 Å². The number of rotatable bonds is 10. The van der Waals surface area contributed by atoms with Gasteiger partial charge >= 0.3 is 17.9 Å². The predicted molar refractivity (Wildman–Crippen MR) is 127 cm³/mol. The van der Waals surface area contributed by atoms with Crippen LogP contribution in [0.5, 0.6) is 5.75 Å². The second-order valence-corrected chi connectivity index (χ2v) is 7.89. The molecule has 34 heavy (non-hydrogen) atoms. The Kier molecular flexibility index (Phi) is 9.07. The molecule has 2 aromatic rings. The highest BCUT2D eigenvalue weighted by Crippen LogP contribution is 2.28. The van der Waals surface area contributed by atoms with Crippen molar-refractivity contribution in [3.63, 3.8) is 0 Å². The third-order valence-corrected chi connectivity index (χ3v) is 4.72. The van der Waals surface area contributed by atoms with Crippen molar-refractivity contribution >= 4 is 17.9 Å². The largest absolute Gasteiger partial charge is 0.462 e. The van der Waals surface area contributed by atoms with Gasteiger partial charge in [-0.3, -0.25) is 0 Å². The molecule has 0 saturated heterocycles. The van der Waals surface area contributed by atoms with E-state index in [1.807, 2.05) is 0 Å². The summed E-state index contributed by atoms with van der Waals surface area (Å²) in [7, 11) is 0. The van der Waals surface area contributed by atoms with Crippen LogP contribution < -0.4 is 4.74 Å². The van der Waals surface area contributed by atoms with Gasteiger partial charge in [-0.25, -0.2) is 18.8 Å². The molecule has 0 aliphatic carbocycles. The van der Waals surface area contributed by atoms with E-state index >= 15 is 0 Å². The number of halogens is 1. The molecule has 2 rings (SSSR count). The molecule has 0 aromatic heterocycles. The third-order valence-electron chi connectivity index (χ3n) is 4.72. The van der Waals surface area contributed by atoms with Gasteiger partial charge in [-0.05, 0) is 44.0 Å². The van der Waals surface area contributed by atoms with Crippen LogP contribution in [-0.4, -0.2) is 31.1 Å². The molecule has 0 radical (unpaired) electrons. The van der Waals surface area contributed by atoms with Gasteiger partial charge in [0.1, 0.15) is 24.8 Å². The molecule has 0 heterocycles. The molecule has 178 valence electrons. The first-order chi connectivity index (χ1) is 16.0. The minimum Gasteiger partial charge on any atom is -0.462 e. The topological polar surface area (TPSA) is 78.9 Å². The Labute approximate surface area is 198 Å². The van der Waals surface area contributed by atoms with Crippen molar-refractivity contribution in [2.45, 2.75) is 26.7 Å². The van der Waals surface area contributed by atoms with Crippen molar-refractivity contribution in [1.82, 2.24) is 0 Å². The van der Waals surface area contributed by atoms with E-state index in [-0.39, 0.29) is 35.7 Å². The molecule has 0 aliphatic rings. The molecular formula is C27H27FO6. The summed E-state index contributed by atoms with van der Waals surface area (Å²) < 4.78 is 30.2. The van der Waals surface area contributed by atoms with E-state index in [9.17, 15) is 18.8 Å². The van der Waals surface area contributed by atoms with Crippen LogP contribution in [0.4, 0.5) is 4.39 Å². The van der Waals surface area contributed by atoms with E-state index in [1.54, 1.807) is 24.3 Å². The Morgan fingerprint density at radius 3 is 1.74 bits per heavy atom. The number of carbonyl (C=O) groups excluding carboxylic acids is 3. The first-order valence-corrected chi connectivity index (χ1v) is 10.4. The maximum Gasteiger partial charge on any atom is 0.338 e. The summed E-state index contributed by atoms with van der Waals surface area (Å²) in [5.41, 5.74) is 2.32. The third kappa shape index (κ3) is 7.27. The van der Waals surface area contributed by atoms with Crippen LogP contribution in [0.2, 0.25) is 0 Å². The van der Waals surface area contributed by atoms with Gasteiger partial charge in [-0.15, -0.1) is 0 Å². The normalized spacial score (nSPS) is 10.4. The lowest BCUT2D eigenvalue weighted by molar-refractivity contribution is -0.142. The molecule has 0 fully saturated rings. The lowest BCUT2D eigenvalue weighted by Gasteiger charge is -2.18. The van der Waals surface area contributed by atoms with Crippen molar-refractivity contribution < 1.29 is 33.0 Å². The lowest BCUT2D eigenvalue weighted by Crippen LogP contribution is -2.20. The van der Waals surface area contributed by atoms with Crippen molar-refractivity contribution in [2.75, 3.05) is 13.2 Å². The van der Waals surface area contributed by atoms with Crippen LogP contribution in [0.25, 0.3) is 11.1 Å². The van der Waals surface area contributed by atoms with E-state index in [2.05, 4.69) is 19.7 Å². The zero-order valence-electron chi connectivity index (χ0n) is 19.5. The minimum atomic E-state index is -0.637. The van der Waals surface area contributed by atoms with Crippen LogP contribution in [-0.2, 0) is 23.9 Å². The summed E-state index contributed by atoms with van der Waals surface area (Å²) in [5.74, 6) is -2.69. The second-order valence-electron chi connectivity index (χ2n) is 7.89. The number of ether oxygens (including phenoxy) is 3. The zero-order chi connectivity index (χ0) is 25.4. The van der Waals surface area contributed by atoms with Gasteiger partial charge in [0.2, 0.25) is 0 Å². The first-order valence-electron chi connectivity index (χ1n) is 10.4. The Morgan fingerprint density at radius 1 is 0.794 bits per heavy atom. The number of carbonyl (C=O) groups is 3. The van der Waals surface area contributed by atoms with Gasteiger partial charge in [0.25, 0.3) is 0 Å². The standard InChI is InChI=1S/C27H27FO6/c1-16(2)25(29)32-14-21(15-33-26(30)17(3)4)19-7-9-20(10-8-19)23-12-11-22(13-24(23)28)34-27(31)18(5)6/h7-13,21H,1,3,5,14-15H2,2,4,6H3. The van der Waals surface area contributed by atoms with E-state index < -0.39 is 29.6 Å². The maximum atomic E-state index is 14.7. The Bertz CT molecular complexity index is 1100. The molecule has 0 bridgehead atoms. The molecule has 0 saturated carbocycles. The molecular weight excluding hydrogens is 439 g/mol. The van der Waals surface area contributed by atoms with Crippen molar-refractivity contribution in [1.29, 1.82) is 0 Å².